The monoisotopic (exact) mass is 433 g/mol. The molecule has 2 aromatic carbocycles. The zero-order valence-corrected chi connectivity index (χ0v) is 15.8. The highest BCUT2D eigenvalue weighted by molar-refractivity contribution is 7.80. The average molecular weight is 433 g/mol. The summed E-state index contributed by atoms with van der Waals surface area (Å²) in [4.78, 5) is 22.7. The van der Waals surface area contributed by atoms with Gasteiger partial charge in [0.1, 0.15) is 11.5 Å². The van der Waals surface area contributed by atoms with Crippen LogP contribution in [0.1, 0.15) is 10.6 Å². The van der Waals surface area contributed by atoms with Crippen LogP contribution in [0.25, 0.3) is 11.3 Å². The van der Waals surface area contributed by atoms with Gasteiger partial charge in [-0.1, -0.05) is 24.3 Å². The third-order valence-electron chi connectivity index (χ3n) is 3.75. The van der Waals surface area contributed by atoms with E-state index in [1.165, 1.54) is 48.5 Å². The number of nitro groups is 1. The Bertz CT molecular complexity index is 1100. The lowest BCUT2D eigenvalue weighted by Crippen LogP contribution is -2.34. The van der Waals surface area contributed by atoms with Crippen LogP contribution in [-0.4, -0.2) is 22.6 Å². The van der Waals surface area contributed by atoms with Gasteiger partial charge in [0.15, 0.2) is 10.9 Å². The van der Waals surface area contributed by atoms with Crippen molar-refractivity contribution in [2.24, 2.45) is 0 Å². The van der Waals surface area contributed by atoms with Crippen molar-refractivity contribution >= 4 is 34.6 Å². The molecule has 0 unspecified atom stereocenters. The Morgan fingerprint density at radius 3 is 2.63 bits per heavy atom. The number of halogens is 2. The SMILES string of the molecule is O=C(NC(=S)Nc1ccccc1OC(F)F)c1ccc(-c2cccc([N+](=O)[O-])c2)o1. The Morgan fingerprint density at radius 2 is 1.90 bits per heavy atom. The molecule has 0 radical (unpaired) electrons. The zero-order chi connectivity index (χ0) is 21.7. The lowest BCUT2D eigenvalue weighted by molar-refractivity contribution is -0.384. The van der Waals surface area contributed by atoms with Crippen molar-refractivity contribution in [3.8, 4) is 17.1 Å². The molecule has 0 aliphatic heterocycles. The van der Waals surface area contributed by atoms with Gasteiger partial charge >= 0.3 is 6.61 Å². The van der Waals surface area contributed by atoms with Crippen LogP contribution in [0.2, 0.25) is 0 Å². The quantitative estimate of drug-likeness (QED) is 0.333. The molecule has 0 spiro atoms. The number of furan rings is 1. The van der Waals surface area contributed by atoms with E-state index in [0.717, 1.165) is 0 Å². The molecular weight excluding hydrogens is 420 g/mol. The minimum absolute atomic E-state index is 0.0993. The standard InChI is InChI=1S/C19H13F2N3O5S/c20-18(21)29-15-7-2-1-6-13(15)22-19(30)23-17(25)16-9-8-14(28-16)11-4-3-5-12(10-11)24(26)27/h1-10,18H,(H2,22,23,25,30). The number of amides is 1. The molecule has 0 aliphatic carbocycles. The van der Waals surface area contributed by atoms with Crippen molar-refractivity contribution in [2.75, 3.05) is 5.32 Å². The van der Waals surface area contributed by atoms with Gasteiger partial charge in [0, 0.05) is 17.7 Å². The van der Waals surface area contributed by atoms with Crippen molar-refractivity contribution in [3.63, 3.8) is 0 Å². The number of alkyl halides is 2. The first-order valence-electron chi connectivity index (χ1n) is 8.34. The molecule has 0 fully saturated rings. The van der Waals surface area contributed by atoms with E-state index < -0.39 is 17.4 Å². The highest BCUT2D eigenvalue weighted by Crippen LogP contribution is 2.27. The average Bonchev–Trinajstić information content (AvgIpc) is 3.19. The lowest BCUT2D eigenvalue weighted by Gasteiger charge is -2.13. The Kier molecular flexibility index (Phi) is 6.32. The summed E-state index contributed by atoms with van der Waals surface area (Å²) in [6.45, 7) is -3.02. The number of anilines is 1. The van der Waals surface area contributed by atoms with Crippen molar-refractivity contribution < 1.29 is 27.7 Å². The number of nitrogens with one attached hydrogen (secondary N) is 2. The second-order valence-electron chi connectivity index (χ2n) is 5.75. The Balaban J connectivity index is 1.68. The number of carbonyl (C=O) groups excluding carboxylic acids is 1. The molecule has 0 bridgehead atoms. The molecular formula is C19H13F2N3O5S. The number of benzene rings is 2. The summed E-state index contributed by atoms with van der Waals surface area (Å²) < 4.78 is 34.8. The summed E-state index contributed by atoms with van der Waals surface area (Å²) in [5.74, 6) is -0.692. The fourth-order valence-electron chi connectivity index (χ4n) is 2.47. The molecule has 154 valence electrons. The van der Waals surface area contributed by atoms with Crippen LogP contribution in [0.5, 0.6) is 5.75 Å². The van der Waals surface area contributed by atoms with Gasteiger partial charge in [-0.3, -0.25) is 20.2 Å². The van der Waals surface area contributed by atoms with Gasteiger partial charge in [0.25, 0.3) is 11.6 Å². The molecule has 8 nitrogen and oxygen atoms in total. The normalized spacial score (nSPS) is 10.5. The topological polar surface area (TPSA) is 107 Å². The first-order chi connectivity index (χ1) is 14.3. The van der Waals surface area contributed by atoms with Crippen LogP contribution < -0.4 is 15.4 Å². The second kappa shape index (κ2) is 9.09. The molecule has 3 aromatic rings. The summed E-state index contributed by atoms with van der Waals surface area (Å²) in [7, 11) is 0. The largest absolute Gasteiger partial charge is 0.451 e. The molecule has 3 rings (SSSR count). The van der Waals surface area contributed by atoms with Gasteiger partial charge in [-0.25, -0.2) is 0 Å². The van der Waals surface area contributed by atoms with Crippen molar-refractivity contribution in [1.82, 2.24) is 5.32 Å². The van der Waals surface area contributed by atoms with E-state index in [9.17, 15) is 23.7 Å². The van der Waals surface area contributed by atoms with Crippen molar-refractivity contribution in [1.29, 1.82) is 0 Å². The number of nitro benzene ring substituents is 1. The number of ether oxygens (including phenoxy) is 1. The van der Waals surface area contributed by atoms with Gasteiger partial charge in [0.05, 0.1) is 10.6 Å². The number of non-ortho nitro benzene ring substituents is 1. The van der Waals surface area contributed by atoms with E-state index in [4.69, 9.17) is 16.6 Å². The molecule has 0 aliphatic rings. The summed E-state index contributed by atoms with van der Waals surface area (Å²) in [5.41, 5.74) is 0.437. The maximum absolute atomic E-state index is 12.5. The first-order valence-corrected chi connectivity index (χ1v) is 8.75. The third kappa shape index (κ3) is 5.14. The van der Waals surface area contributed by atoms with Gasteiger partial charge in [-0.05, 0) is 36.5 Å². The highest BCUT2D eigenvalue weighted by Gasteiger charge is 2.16. The minimum Gasteiger partial charge on any atom is -0.451 e. The molecule has 2 N–H and O–H groups in total. The van der Waals surface area contributed by atoms with Gasteiger partial charge in [-0.2, -0.15) is 8.78 Å². The molecule has 1 amide bonds. The van der Waals surface area contributed by atoms with Crippen molar-refractivity contribution in [2.45, 2.75) is 6.61 Å². The van der Waals surface area contributed by atoms with E-state index in [1.54, 1.807) is 12.1 Å². The molecule has 11 heteroatoms. The maximum atomic E-state index is 12.5. The molecule has 0 saturated heterocycles. The minimum atomic E-state index is -3.02. The van der Waals surface area contributed by atoms with E-state index in [0.29, 0.717) is 5.56 Å². The number of thiocarbonyl (C=S) groups is 1. The molecule has 1 aromatic heterocycles. The molecule has 0 saturated carbocycles. The van der Waals surface area contributed by atoms with Crippen LogP contribution in [0.4, 0.5) is 20.2 Å². The highest BCUT2D eigenvalue weighted by atomic mass is 32.1. The summed E-state index contributed by atoms with van der Waals surface area (Å²) in [6.07, 6.45) is 0. The predicted octanol–water partition coefficient (Wildman–Crippen LogP) is 4.58. The van der Waals surface area contributed by atoms with Crippen LogP contribution >= 0.6 is 12.2 Å². The van der Waals surface area contributed by atoms with Crippen LogP contribution in [-0.2, 0) is 0 Å². The fourth-order valence-corrected chi connectivity index (χ4v) is 2.68. The number of hydrogen-bond acceptors (Lipinski definition) is 6. The predicted molar refractivity (Wildman–Crippen MR) is 108 cm³/mol. The Hall–Kier alpha value is -3.86. The van der Waals surface area contributed by atoms with E-state index in [-0.39, 0.29) is 33.8 Å². The number of carbonyl (C=O) groups is 1. The second-order valence-corrected chi connectivity index (χ2v) is 6.16. The van der Waals surface area contributed by atoms with Crippen LogP contribution in [0.15, 0.2) is 65.1 Å². The van der Waals surface area contributed by atoms with E-state index >= 15 is 0 Å². The summed E-state index contributed by atoms with van der Waals surface area (Å²) in [5, 5.41) is 15.7. The zero-order valence-electron chi connectivity index (χ0n) is 15.0. The van der Waals surface area contributed by atoms with Crippen LogP contribution in [0.3, 0.4) is 0 Å². The maximum Gasteiger partial charge on any atom is 0.387 e. The molecule has 1 heterocycles. The van der Waals surface area contributed by atoms with Gasteiger partial charge in [0.2, 0.25) is 0 Å². The van der Waals surface area contributed by atoms with E-state index in [2.05, 4.69) is 15.4 Å². The summed E-state index contributed by atoms with van der Waals surface area (Å²) in [6, 6.07) is 14.4. The van der Waals surface area contributed by atoms with Crippen molar-refractivity contribution in [3.05, 3.63) is 76.5 Å². The fraction of sp³-hybridized carbons (Fsp3) is 0.0526. The number of rotatable bonds is 6. The van der Waals surface area contributed by atoms with Gasteiger partial charge < -0.3 is 14.5 Å². The Labute approximate surface area is 173 Å². The number of hydrogen-bond donors (Lipinski definition) is 2. The van der Waals surface area contributed by atoms with Gasteiger partial charge in [-0.15, -0.1) is 0 Å². The molecule has 30 heavy (non-hydrogen) atoms. The third-order valence-corrected chi connectivity index (χ3v) is 3.95. The first kappa shape index (κ1) is 20.9. The lowest BCUT2D eigenvalue weighted by atomic mass is 10.1. The number of nitrogens with zero attached hydrogens (tertiary/aromatic N) is 1. The van der Waals surface area contributed by atoms with E-state index in [1.807, 2.05) is 0 Å². The number of para-hydroxylation sites is 2. The van der Waals surface area contributed by atoms with Crippen LogP contribution in [0, 0.1) is 10.1 Å². The Morgan fingerprint density at radius 1 is 1.13 bits per heavy atom. The summed E-state index contributed by atoms with van der Waals surface area (Å²) >= 11 is 5.03. The smallest absolute Gasteiger partial charge is 0.387 e. The molecule has 0 atom stereocenters.